The van der Waals surface area contributed by atoms with E-state index in [1.807, 2.05) is 56.3 Å². The molecule has 1 aromatic heterocycles. The molecule has 0 saturated carbocycles. The average molecular weight is 448 g/mol. The minimum absolute atomic E-state index is 0.0463. The van der Waals surface area contributed by atoms with Crippen molar-refractivity contribution in [1.82, 2.24) is 4.98 Å². The Balaban J connectivity index is 1.78. The third-order valence-electron chi connectivity index (χ3n) is 5.93. The number of Topliss-reactive ketones (excluding diaryl/α,β-unsaturated/α-hetero) is 1. The zero-order valence-corrected chi connectivity index (χ0v) is 18.8. The second-order valence-corrected chi connectivity index (χ2v) is 8.38. The van der Waals surface area contributed by atoms with Gasteiger partial charge < -0.3 is 0 Å². The summed E-state index contributed by atoms with van der Waals surface area (Å²) in [5.41, 5.74) is 6.26. The van der Waals surface area contributed by atoms with Crippen molar-refractivity contribution >= 4 is 16.7 Å². The number of nitrogens with zero attached hydrogens (tertiary/aromatic N) is 1. The van der Waals surface area contributed by atoms with Crippen LogP contribution in [0.15, 0.2) is 66.7 Å². The standard InChI is InChI=1S/C28H24F3NO/c1-17-8-15-24-25(16-17)32-18(2)26(19(3)33)27(24)23-7-5-4-6-21(23)12-9-20-10-13-22(14-11-20)28(29,30)31/h4-8,10-11,13-16H,9,12H2,1-3H3. The summed E-state index contributed by atoms with van der Waals surface area (Å²) in [5, 5.41) is 0.915. The zero-order valence-electron chi connectivity index (χ0n) is 18.8. The van der Waals surface area contributed by atoms with Gasteiger partial charge in [-0.05, 0) is 74.1 Å². The van der Waals surface area contributed by atoms with Crippen LogP contribution < -0.4 is 0 Å². The fourth-order valence-corrected chi connectivity index (χ4v) is 4.33. The van der Waals surface area contributed by atoms with E-state index in [0.717, 1.165) is 50.9 Å². The van der Waals surface area contributed by atoms with Crippen molar-refractivity contribution in [2.75, 3.05) is 0 Å². The van der Waals surface area contributed by atoms with Crippen molar-refractivity contribution in [2.24, 2.45) is 0 Å². The second-order valence-electron chi connectivity index (χ2n) is 8.38. The molecule has 0 aliphatic rings. The highest BCUT2D eigenvalue weighted by Gasteiger charge is 2.29. The number of pyridine rings is 1. The molecule has 4 rings (SSSR count). The lowest BCUT2D eigenvalue weighted by Gasteiger charge is -2.17. The van der Waals surface area contributed by atoms with Gasteiger partial charge in [0.05, 0.1) is 11.1 Å². The van der Waals surface area contributed by atoms with Crippen LogP contribution in [0.25, 0.3) is 22.0 Å². The van der Waals surface area contributed by atoms with Crippen LogP contribution in [0.3, 0.4) is 0 Å². The number of aromatic nitrogens is 1. The van der Waals surface area contributed by atoms with Gasteiger partial charge in [-0.15, -0.1) is 0 Å². The number of alkyl halides is 3. The lowest BCUT2D eigenvalue weighted by molar-refractivity contribution is -0.137. The fourth-order valence-electron chi connectivity index (χ4n) is 4.33. The van der Waals surface area contributed by atoms with Crippen molar-refractivity contribution in [3.05, 3.63) is 100 Å². The molecule has 0 amide bonds. The number of benzene rings is 3. The third-order valence-corrected chi connectivity index (χ3v) is 5.93. The molecule has 0 bridgehead atoms. The summed E-state index contributed by atoms with van der Waals surface area (Å²) in [5.74, 6) is -0.0463. The van der Waals surface area contributed by atoms with Gasteiger partial charge in [0.2, 0.25) is 0 Å². The summed E-state index contributed by atoms with van der Waals surface area (Å²) in [6, 6.07) is 19.2. The molecule has 4 aromatic rings. The summed E-state index contributed by atoms with van der Waals surface area (Å²) < 4.78 is 38.6. The minimum atomic E-state index is -4.34. The molecule has 0 spiro atoms. The van der Waals surface area contributed by atoms with Crippen molar-refractivity contribution < 1.29 is 18.0 Å². The Morgan fingerprint density at radius 3 is 2.27 bits per heavy atom. The predicted octanol–water partition coefficient (Wildman–Crippen LogP) is 7.53. The first-order valence-corrected chi connectivity index (χ1v) is 10.8. The van der Waals surface area contributed by atoms with Crippen LogP contribution in [0.1, 0.15) is 45.2 Å². The van der Waals surface area contributed by atoms with Gasteiger partial charge in [-0.1, -0.05) is 48.5 Å². The molecule has 0 unspecified atom stereocenters. The van der Waals surface area contributed by atoms with Gasteiger partial charge in [0.1, 0.15) is 0 Å². The van der Waals surface area contributed by atoms with Gasteiger partial charge in [-0.25, -0.2) is 0 Å². The monoisotopic (exact) mass is 447 g/mol. The Kier molecular flexibility index (Phi) is 6.07. The van der Waals surface area contributed by atoms with E-state index in [1.54, 1.807) is 6.92 Å². The number of carbonyl (C=O) groups excluding carboxylic acids is 1. The molecule has 0 aliphatic carbocycles. The zero-order chi connectivity index (χ0) is 23.8. The third kappa shape index (κ3) is 4.68. The smallest absolute Gasteiger partial charge is 0.294 e. The first kappa shape index (κ1) is 22.7. The van der Waals surface area contributed by atoms with E-state index >= 15 is 0 Å². The van der Waals surface area contributed by atoms with E-state index in [4.69, 9.17) is 0 Å². The molecule has 33 heavy (non-hydrogen) atoms. The van der Waals surface area contributed by atoms with Gasteiger partial charge in [0.15, 0.2) is 5.78 Å². The molecule has 0 radical (unpaired) electrons. The Morgan fingerprint density at radius 1 is 0.909 bits per heavy atom. The van der Waals surface area contributed by atoms with E-state index in [-0.39, 0.29) is 5.78 Å². The normalized spacial score (nSPS) is 11.7. The Morgan fingerprint density at radius 2 is 1.61 bits per heavy atom. The summed E-state index contributed by atoms with van der Waals surface area (Å²) in [4.78, 5) is 17.3. The molecule has 2 nitrogen and oxygen atoms in total. The highest BCUT2D eigenvalue weighted by Crippen LogP contribution is 2.36. The summed E-state index contributed by atoms with van der Waals surface area (Å²) in [6.45, 7) is 5.41. The molecule has 0 aliphatic heterocycles. The van der Waals surface area contributed by atoms with E-state index in [1.165, 1.54) is 12.1 Å². The molecule has 0 N–H and O–H groups in total. The van der Waals surface area contributed by atoms with Crippen LogP contribution in [0.5, 0.6) is 0 Å². The number of halogens is 3. The topological polar surface area (TPSA) is 30.0 Å². The maximum Gasteiger partial charge on any atom is 0.416 e. The Bertz CT molecular complexity index is 1340. The number of ketones is 1. The number of hydrogen-bond acceptors (Lipinski definition) is 2. The van der Waals surface area contributed by atoms with Crippen molar-refractivity contribution in [3.8, 4) is 11.1 Å². The molecule has 5 heteroatoms. The highest BCUT2D eigenvalue weighted by molar-refractivity contribution is 6.10. The van der Waals surface area contributed by atoms with Crippen LogP contribution in [0.4, 0.5) is 13.2 Å². The summed E-state index contributed by atoms with van der Waals surface area (Å²) in [6.07, 6.45) is -3.12. The van der Waals surface area contributed by atoms with Gasteiger partial charge in [0, 0.05) is 22.2 Å². The highest BCUT2D eigenvalue weighted by atomic mass is 19.4. The van der Waals surface area contributed by atoms with E-state index in [9.17, 15) is 18.0 Å². The van der Waals surface area contributed by atoms with Crippen molar-refractivity contribution in [2.45, 2.75) is 39.8 Å². The van der Waals surface area contributed by atoms with Crippen LogP contribution in [-0.2, 0) is 19.0 Å². The lowest BCUT2D eigenvalue weighted by Crippen LogP contribution is -2.06. The first-order valence-electron chi connectivity index (χ1n) is 10.8. The van der Waals surface area contributed by atoms with Crippen LogP contribution >= 0.6 is 0 Å². The molecule has 3 aromatic carbocycles. The number of fused-ring (bicyclic) bond motifs is 1. The Labute approximate surface area is 191 Å². The van der Waals surface area contributed by atoms with Crippen LogP contribution in [-0.4, -0.2) is 10.8 Å². The molecule has 0 fully saturated rings. The SMILES string of the molecule is CC(=O)c1c(C)nc2cc(C)ccc2c1-c1ccccc1CCc1ccc(C(F)(F)F)cc1. The largest absolute Gasteiger partial charge is 0.416 e. The minimum Gasteiger partial charge on any atom is -0.294 e. The maximum atomic E-state index is 12.9. The Hall–Kier alpha value is -3.47. The number of aryl methyl sites for hydroxylation is 4. The second kappa shape index (κ2) is 8.81. The van der Waals surface area contributed by atoms with Crippen molar-refractivity contribution in [3.63, 3.8) is 0 Å². The molecule has 1 heterocycles. The molecule has 168 valence electrons. The molecular weight excluding hydrogens is 423 g/mol. The molecule has 0 saturated heterocycles. The van der Waals surface area contributed by atoms with Gasteiger partial charge >= 0.3 is 6.18 Å². The van der Waals surface area contributed by atoms with E-state index in [2.05, 4.69) is 4.98 Å². The van der Waals surface area contributed by atoms with Gasteiger partial charge in [-0.3, -0.25) is 9.78 Å². The maximum absolute atomic E-state index is 12.9. The predicted molar refractivity (Wildman–Crippen MR) is 126 cm³/mol. The quantitative estimate of drug-likeness (QED) is 0.296. The van der Waals surface area contributed by atoms with E-state index in [0.29, 0.717) is 24.1 Å². The summed E-state index contributed by atoms with van der Waals surface area (Å²) in [7, 11) is 0. The number of hydrogen-bond donors (Lipinski definition) is 0. The number of rotatable bonds is 5. The average Bonchev–Trinajstić information content (AvgIpc) is 2.76. The van der Waals surface area contributed by atoms with Gasteiger partial charge in [0.25, 0.3) is 0 Å². The van der Waals surface area contributed by atoms with Crippen LogP contribution in [0.2, 0.25) is 0 Å². The first-order chi connectivity index (χ1) is 15.6. The number of carbonyl (C=O) groups is 1. The summed E-state index contributed by atoms with van der Waals surface area (Å²) >= 11 is 0. The van der Waals surface area contributed by atoms with E-state index < -0.39 is 11.7 Å². The van der Waals surface area contributed by atoms with Crippen molar-refractivity contribution in [1.29, 1.82) is 0 Å². The molecule has 0 atom stereocenters. The fraction of sp³-hybridized carbons (Fsp3) is 0.214. The lowest BCUT2D eigenvalue weighted by atomic mass is 9.88. The van der Waals surface area contributed by atoms with Crippen LogP contribution in [0, 0.1) is 13.8 Å². The van der Waals surface area contributed by atoms with Gasteiger partial charge in [-0.2, -0.15) is 13.2 Å². The molecular formula is C28H24F3NO.